The Morgan fingerprint density at radius 3 is 1.92 bits per heavy atom. The van der Waals surface area contributed by atoms with Crippen molar-refractivity contribution in [3.63, 3.8) is 0 Å². The molecule has 238 valence electrons. The van der Waals surface area contributed by atoms with Gasteiger partial charge in [0, 0.05) is 64.1 Å². The lowest BCUT2D eigenvalue weighted by Crippen LogP contribution is -2.00. The summed E-state index contributed by atoms with van der Waals surface area (Å²) in [4.78, 5) is 15.6. The van der Waals surface area contributed by atoms with Gasteiger partial charge in [-0.05, 0) is 54.6 Å². The summed E-state index contributed by atoms with van der Waals surface area (Å²) in [5.74, 6) is 1.85. The zero-order chi connectivity index (χ0) is 33.5. The molecule has 0 N–H and O–H groups in total. The molecule has 4 heterocycles. The van der Waals surface area contributed by atoms with Gasteiger partial charge in [-0.15, -0.1) is 11.3 Å². The highest BCUT2D eigenvalue weighted by Gasteiger charge is 2.19. The average Bonchev–Trinajstić information content (AvgIpc) is 3.87. The van der Waals surface area contributed by atoms with Crippen LogP contribution < -0.4 is 0 Å². The number of hydrogen-bond donors (Lipinski definition) is 0. The summed E-state index contributed by atoms with van der Waals surface area (Å²) in [6, 6.07) is 55.0. The molecule has 6 heteroatoms. The molecule has 0 aliphatic rings. The van der Waals surface area contributed by atoms with E-state index < -0.39 is 0 Å². The molecule has 0 bridgehead atoms. The Balaban J connectivity index is 1.17. The van der Waals surface area contributed by atoms with Gasteiger partial charge in [-0.2, -0.15) is 0 Å². The van der Waals surface area contributed by atoms with Crippen LogP contribution in [0.1, 0.15) is 0 Å². The molecule has 51 heavy (non-hydrogen) atoms. The van der Waals surface area contributed by atoms with E-state index >= 15 is 0 Å². The van der Waals surface area contributed by atoms with Gasteiger partial charge in [0.25, 0.3) is 0 Å². The number of hydrogen-bond acceptors (Lipinski definition) is 5. The Morgan fingerprint density at radius 1 is 0.431 bits per heavy atom. The summed E-state index contributed by atoms with van der Waals surface area (Å²) in [5, 5.41) is 6.98. The van der Waals surface area contributed by atoms with Crippen molar-refractivity contribution < 1.29 is 4.42 Å². The number of thiophene rings is 1. The second kappa shape index (κ2) is 10.9. The first-order valence-electron chi connectivity index (χ1n) is 16.9. The summed E-state index contributed by atoms with van der Waals surface area (Å²) in [7, 11) is 0. The van der Waals surface area contributed by atoms with Crippen molar-refractivity contribution in [2.24, 2.45) is 0 Å². The number of nitrogens with zero attached hydrogens (tertiary/aromatic N) is 4. The minimum Gasteiger partial charge on any atom is -0.456 e. The molecule has 4 aromatic heterocycles. The first kappa shape index (κ1) is 28.2. The molecule has 0 spiro atoms. The highest BCUT2D eigenvalue weighted by Crippen LogP contribution is 2.41. The Bertz CT molecular complexity index is 3150. The smallest absolute Gasteiger partial charge is 0.165 e. The van der Waals surface area contributed by atoms with Gasteiger partial charge >= 0.3 is 0 Å². The number of aromatic nitrogens is 4. The lowest BCUT2D eigenvalue weighted by molar-refractivity contribution is 0.669. The molecule has 7 aromatic carbocycles. The predicted molar refractivity (Wildman–Crippen MR) is 211 cm³/mol. The van der Waals surface area contributed by atoms with Crippen LogP contribution in [-0.4, -0.2) is 19.5 Å². The van der Waals surface area contributed by atoms with Crippen LogP contribution in [0.15, 0.2) is 162 Å². The van der Waals surface area contributed by atoms with Crippen LogP contribution in [0.2, 0.25) is 0 Å². The van der Waals surface area contributed by atoms with Gasteiger partial charge in [-0.3, -0.25) is 0 Å². The van der Waals surface area contributed by atoms with Crippen LogP contribution in [0.4, 0.5) is 0 Å². The molecule has 0 amide bonds. The monoisotopic (exact) mass is 670 g/mol. The van der Waals surface area contributed by atoms with Crippen LogP contribution in [0.5, 0.6) is 0 Å². The van der Waals surface area contributed by atoms with Crippen molar-refractivity contribution in [2.45, 2.75) is 0 Å². The molecule has 0 unspecified atom stereocenters. The highest BCUT2D eigenvalue weighted by molar-refractivity contribution is 7.26. The van der Waals surface area contributed by atoms with Crippen molar-refractivity contribution in [3.8, 4) is 39.9 Å². The molecule has 11 rings (SSSR count). The van der Waals surface area contributed by atoms with Gasteiger partial charge in [0.1, 0.15) is 11.2 Å². The maximum atomic E-state index is 6.30. The van der Waals surface area contributed by atoms with Crippen LogP contribution in [-0.2, 0) is 0 Å². The normalized spacial score (nSPS) is 11.9. The summed E-state index contributed by atoms with van der Waals surface area (Å²) in [6.07, 6.45) is 0. The van der Waals surface area contributed by atoms with Crippen LogP contribution >= 0.6 is 11.3 Å². The van der Waals surface area contributed by atoms with E-state index in [1.165, 1.54) is 26.2 Å². The average molecular weight is 671 g/mol. The standard InChI is InChI=1S/C45H26N4OS/c1-2-11-29(12-3-1)49-37-18-7-4-13-30(37)31-23-21-27(25-38(31)49)43-46-44(28-22-24-33-32-14-5-8-19-39(32)50-40(33)26-28)48-45(47-43)36-17-10-16-35-34-15-6-9-20-41(34)51-42(35)36/h1-26H. The number of para-hydroxylation sites is 3. The van der Waals surface area contributed by atoms with Gasteiger partial charge in [0.2, 0.25) is 0 Å². The fourth-order valence-corrected chi connectivity index (χ4v) is 8.72. The predicted octanol–water partition coefficient (Wildman–Crippen LogP) is 12.2. The molecular formula is C45H26N4OS. The molecule has 0 fully saturated rings. The number of fused-ring (bicyclic) bond motifs is 9. The van der Waals surface area contributed by atoms with Gasteiger partial charge < -0.3 is 8.98 Å². The van der Waals surface area contributed by atoms with E-state index in [0.717, 1.165) is 60.0 Å². The van der Waals surface area contributed by atoms with Crippen molar-refractivity contribution >= 4 is 75.3 Å². The maximum absolute atomic E-state index is 6.30. The number of rotatable bonds is 4. The molecule has 0 saturated carbocycles. The Hall–Kier alpha value is -6.63. The third-order valence-corrected chi connectivity index (χ3v) is 11.1. The van der Waals surface area contributed by atoms with Gasteiger partial charge in [-0.1, -0.05) is 103 Å². The first-order valence-corrected chi connectivity index (χ1v) is 17.8. The molecular weight excluding hydrogens is 645 g/mol. The number of furan rings is 1. The van der Waals surface area contributed by atoms with Crippen LogP contribution in [0.3, 0.4) is 0 Å². The Labute approximate surface area is 295 Å². The maximum Gasteiger partial charge on any atom is 0.165 e. The second-order valence-electron chi connectivity index (χ2n) is 12.8. The SMILES string of the molecule is c1ccc(-n2c3ccccc3c3ccc(-c4nc(-c5ccc6c(c5)oc5ccccc56)nc(-c5cccc6c5sc5ccccc56)n4)cc32)cc1. The van der Waals surface area contributed by atoms with E-state index in [1.807, 2.05) is 18.2 Å². The highest BCUT2D eigenvalue weighted by atomic mass is 32.1. The topological polar surface area (TPSA) is 56.7 Å². The molecule has 11 aromatic rings. The van der Waals surface area contributed by atoms with Gasteiger partial charge in [-0.25, -0.2) is 15.0 Å². The Morgan fingerprint density at radius 2 is 1.06 bits per heavy atom. The van der Waals surface area contributed by atoms with Crippen LogP contribution in [0, 0.1) is 0 Å². The fourth-order valence-electron chi connectivity index (χ4n) is 7.51. The van der Waals surface area contributed by atoms with E-state index in [9.17, 15) is 0 Å². The van der Waals surface area contributed by atoms with E-state index in [-0.39, 0.29) is 0 Å². The molecule has 0 aliphatic carbocycles. The summed E-state index contributed by atoms with van der Waals surface area (Å²) in [6.45, 7) is 0. The van der Waals surface area contributed by atoms with Crippen molar-refractivity contribution in [1.29, 1.82) is 0 Å². The van der Waals surface area contributed by atoms with Crippen LogP contribution in [0.25, 0.3) is 104 Å². The fraction of sp³-hybridized carbons (Fsp3) is 0. The zero-order valence-corrected chi connectivity index (χ0v) is 27.9. The minimum absolute atomic E-state index is 0.596. The van der Waals surface area contributed by atoms with E-state index in [0.29, 0.717) is 17.5 Å². The minimum atomic E-state index is 0.596. The molecule has 0 radical (unpaired) electrons. The molecule has 0 aliphatic heterocycles. The van der Waals surface area contributed by atoms with E-state index in [1.54, 1.807) is 11.3 Å². The van der Waals surface area contributed by atoms with Gasteiger partial charge in [0.15, 0.2) is 17.5 Å². The number of benzene rings is 7. The zero-order valence-electron chi connectivity index (χ0n) is 27.1. The summed E-state index contributed by atoms with van der Waals surface area (Å²) in [5.41, 5.74) is 7.80. The van der Waals surface area contributed by atoms with Gasteiger partial charge in [0.05, 0.1) is 11.0 Å². The van der Waals surface area contributed by atoms with E-state index in [2.05, 4.69) is 144 Å². The largest absolute Gasteiger partial charge is 0.456 e. The third-order valence-electron chi connectivity index (χ3n) is 9.86. The van der Waals surface area contributed by atoms with E-state index in [4.69, 9.17) is 19.4 Å². The summed E-state index contributed by atoms with van der Waals surface area (Å²) < 4.78 is 11.0. The van der Waals surface area contributed by atoms with Crippen molar-refractivity contribution in [3.05, 3.63) is 158 Å². The van der Waals surface area contributed by atoms with Crippen molar-refractivity contribution in [2.75, 3.05) is 0 Å². The summed E-state index contributed by atoms with van der Waals surface area (Å²) >= 11 is 1.78. The second-order valence-corrected chi connectivity index (χ2v) is 13.9. The lowest BCUT2D eigenvalue weighted by Gasteiger charge is -2.11. The quantitative estimate of drug-likeness (QED) is 0.187. The van der Waals surface area contributed by atoms with Crippen molar-refractivity contribution in [1.82, 2.24) is 19.5 Å². The first-order chi connectivity index (χ1) is 25.3. The third kappa shape index (κ3) is 4.37. The molecule has 5 nitrogen and oxygen atoms in total. The molecule has 0 saturated heterocycles. The lowest BCUT2D eigenvalue weighted by atomic mass is 10.1. The molecule has 0 atom stereocenters. The Kier molecular flexibility index (Phi) is 6.05.